The molecule has 0 aromatic carbocycles. The minimum Gasteiger partial charge on any atom is -0.311 e. The molecular formula is C16H29N3. The molecule has 0 radical (unpaired) electrons. The minimum absolute atomic E-state index is 0.832. The Morgan fingerprint density at radius 1 is 1.05 bits per heavy atom. The van der Waals surface area contributed by atoms with E-state index < -0.39 is 0 Å². The molecule has 5 rings (SSSR count). The minimum atomic E-state index is 0.832. The summed E-state index contributed by atoms with van der Waals surface area (Å²) in [6.07, 6.45) is 8.59. The lowest BCUT2D eigenvalue weighted by atomic mass is 9.81. The summed E-state index contributed by atoms with van der Waals surface area (Å²) in [5.74, 6) is 0.998. The van der Waals surface area contributed by atoms with Gasteiger partial charge in [0, 0.05) is 30.7 Å². The van der Waals surface area contributed by atoms with E-state index in [1.165, 1.54) is 64.7 Å². The number of fused-ring (bicyclic) bond motifs is 5. The largest absolute Gasteiger partial charge is 0.311 e. The first-order chi connectivity index (χ1) is 9.33. The van der Waals surface area contributed by atoms with Gasteiger partial charge in [0.15, 0.2) is 0 Å². The summed E-state index contributed by atoms with van der Waals surface area (Å²) in [5, 5.41) is 3.80. The second-order valence-electron chi connectivity index (χ2n) is 7.30. The molecule has 3 unspecified atom stereocenters. The van der Waals surface area contributed by atoms with Gasteiger partial charge in [-0.05, 0) is 64.1 Å². The number of nitrogens with one attached hydrogen (secondary N) is 1. The molecular weight excluding hydrogens is 234 g/mol. The number of nitrogens with zero attached hydrogens (tertiary/aromatic N) is 2. The van der Waals surface area contributed by atoms with Crippen LogP contribution in [-0.2, 0) is 0 Å². The molecule has 3 heteroatoms. The van der Waals surface area contributed by atoms with Crippen LogP contribution in [0.2, 0.25) is 0 Å². The highest BCUT2D eigenvalue weighted by atomic mass is 15.3. The summed E-state index contributed by atoms with van der Waals surface area (Å²) in [7, 11) is 0. The van der Waals surface area contributed by atoms with Crippen LogP contribution in [0.1, 0.15) is 45.4 Å². The van der Waals surface area contributed by atoms with Gasteiger partial charge in [-0.1, -0.05) is 6.92 Å². The molecule has 0 aliphatic carbocycles. The second-order valence-corrected chi connectivity index (χ2v) is 7.30. The number of likely N-dealkylation sites (N-methyl/N-ethyl adjacent to an activating group) is 1. The Balaban J connectivity index is 1.48. The first-order valence-electron chi connectivity index (χ1n) is 8.57. The van der Waals surface area contributed by atoms with Crippen molar-refractivity contribution in [2.45, 2.75) is 69.6 Å². The Morgan fingerprint density at radius 3 is 2.26 bits per heavy atom. The van der Waals surface area contributed by atoms with Crippen molar-refractivity contribution in [2.75, 3.05) is 26.2 Å². The molecule has 5 saturated heterocycles. The lowest BCUT2D eigenvalue weighted by molar-refractivity contribution is -0.0215. The maximum atomic E-state index is 3.80. The third-order valence-corrected chi connectivity index (χ3v) is 6.33. The first-order valence-corrected chi connectivity index (χ1v) is 8.57. The Bertz CT molecular complexity index is 312. The summed E-state index contributed by atoms with van der Waals surface area (Å²) in [4.78, 5) is 5.62. The van der Waals surface area contributed by atoms with Gasteiger partial charge < -0.3 is 10.2 Å². The highest BCUT2D eigenvalue weighted by Crippen LogP contribution is 2.36. The van der Waals surface area contributed by atoms with Crippen molar-refractivity contribution in [1.29, 1.82) is 0 Å². The van der Waals surface area contributed by atoms with Crippen LogP contribution in [-0.4, -0.2) is 60.1 Å². The summed E-state index contributed by atoms with van der Waals surface area (Å²) in [6, 6.07) is 3.40. The lowest BCUT2D eigenvalue weighted by Gasteiger charge is -2.52. The van der Waals surface area contributed by atoms with Crippen LogP contribution >= 0.6 is 0 Å². The molecule has 3 atom stereocenters. The van der Waals surface area contributed by atoms with Gasteiger partial charge >= 0.3 is 0 Å². The number of hydrogen-bond donors (Lipinski definition) is 1. The van der Waals surface area contributed by atoms with E-state index in [1.807, 2.05) is 0 Å². The monoisotopic (exact) mass is 263 g/mol. The SMILES string of the molecule is CCN(C1CC2CCC(C1)N2)C1CN2CCC1CC2. The van der Waals surface area contributed by atoms with Gasteiger partial charge in [-0.25, -0.2) is 0 Å². The van der Waals surface area contributed by atoms with Gasteiger partial charge in [-0.2, -0.15) is 0 Å². The number of piperidine rings is 4. The van der Waals surface area contributed by atoms with Crippen LogP contribution in [0.4, 0.5) is 0 Å². The fraction of sp³-hybridized carbons (Fsp3) is 1.00. The molecule has 0 aromatic heterocycles. The third-order valence-electron chi connectivity index (χ3n) is 6.33. The highest BCUT2D eigenvalue weighted by molar-refractivity contribution is 5.00. The molecule has 19 heavy (non-hydrogen) atoms. The quantitative estimate of drug-likeness (QED) is 0.836. The van der Waals surface area contributed by atoms with E-state index in [4.69, 9.17) is 0 Å². The molecule has 3 nitrogen and oxygen atoms in total. The normalized spacial score (nSPS) is 48.9. The third kappa shape index (κ3) is 2.24. The fourth-order valence-electron chi connectivity index (χ4n) is 5.37. The van der Waals surface area contributed by atoms with Gasteiger partial charge in [-0.15, -0.1) is 0 Å². The van der Waals surface area contributed by atoms with E-state index in [-0.39, 0.29) is 0 Å². The van der Waals surface area contributed by atoms with E-state index in [2.05, 4.69) is 22.0 Å². The maximum Gasteiger partial charge on any atom is 0.0255 e. The van der Waals surface area contributed by atoms with Gasteiger partial charge in [0.25, 0.3) is 0 Å². The Labute approximate surface area is 117 Å². The maximum absolute atomic E-state index is 3.80. The molecule has 5 aliphatic rings. The number of rotatable bonds is 3. The molecule has 5 fully saturated rings. The van der Waals surface area contributed by atoms with Gasteiger partial charge in [0.2, 0.25) is 0 Å². The van der Waals surface area contributed by atoms with Gasteiger partial charge in [-0.3, -0.25) is 4.90 Å². The molecule has 5 heterocycles. The van der Waals surface area contributed by atoms with Crippen molar-refractivity contribution in [2.24, 2.45) is 5.92 Å². The van der Waals surface area contributed by atoms with E-state index in [0.29, 0.717) is 0 Å². The van der Waals surface area contributed by atoms with Crippen LogP contribution < -0.4 is 5.32 Å². The Kier molecular flexibility index (Phi) is 3.33. The van der Waals surface area contributed by atoms with Crippen LogP contribution in [0, 0.1) is 5.92 Å². The molecule has 108 valence electrons. The number of hydrogen-bond acceptors (Lipinski definition) is 3. The van der Waals surface area contributed by atoms with Crippen LogP contribution in [0.5, 0.6) is 0 Å². The average Bonchev–Trinajstić information content (AvgIpc) is 2.80. The van der Waals surface area contributed by atoms with Gasteiger partial charge in [0.1, 0.15) is 0 Å². The smallest absolute Gasteiger partial charge is 0.0255 e. The van der Waals surface area contributed by atoms with Crippen LogP contribution in [0.3, 0.4) is 0 Å². The van der Waals surface area contributed by atoms with E-state index >= 15 is 0 Å². The Morgan fingerprint density at radius 2 is 1.74 bits per heavy atom. The fourth-order valence-corrected chi connectivity index (χ4v) is 5.37. The molecule has 0 saturated carbocycles. The molecule has 0 amide bonds. The molecule has 0 aromatic rings. The summed E-state index contributed by atoms with van der Waals surface area (Å²) >= 11 is 0. The zero-order valence-corrected chi connectivity index (χ0v) is 12.4. The summed E-state index contributed by atoms with van der Waals surface area (Å²) in [5.41, 5.74) is 0. The second kappa shape index (κ2) is 5.01. The summed E-state index contributed by atoms with van der Waals surface area (Å²) < 4.78 is 0. The predicted octanol–water partition coefficient (Wildman–Crippen LogP) is 1.69. The van der Waals surface area contributed by atoms with Crippen LogP contribution in [0.25, 0.3) is 0 Å². The van der Waals surface area contributed by atoms with Crippen LogP contribution in [0.15, 0.2) is 0 Å². The first kappa shape index (κ1) is 12.6. The van der Waals surface area contributed by atoms with E-state index in [9.17, 15) is 0 Å². The van der Waals surface area contributed by atoms with Gasteiger partial charge in [0.05, 0.1) is 0 Å². The van der Waals surface area contributed by atoms with Crippen molar-refractivity contribution < 1.29 is 0 Å². The summed E-state index contributed by atoms with van der Waals surface area (Å²) in [6.45, 7) is 7.75. The standard InChI is InChI=1S/C16H29N3/c1-2-19(15-9-13-3-4-14(10-15)17-13)16-11-18-7-5-12(16)6-8-18/h12-17H,2-11H2,1H3. The molecule has 5 aliphatic heterocycles. The Hall–Kier alpha value is -0.120. The topological polar surface area (TPSA) is 18.5 Å². The molecule has 1 N–H and O–H groups in total. The predicted molar refractivity (Wildman–Crippen MR) is 78.3 cm³/mol. The zero-order valence-electron chi connectivity index (χ0n) is 12.4. The zero-order chi connectivity index (χ0) is 12.8. The molecule has 4 bridgehead atoms. The molecule has 0 spiro atoms. The van der Waals surface area contributed by atoms with E-state index in [0.717, 1.165) is 30.1 Å². The lowest BCUT2D eigenvalue weighted by Crippen LogP contribution is -2.61. The van der Waals surface area contributed by atoms with Crippen molar-refractivity contribution in [3.8, 4) is 0 Å². The van der Waals surface area contributed by atoms with E-state index in [1.54, 1.807) is 0 Å². The van der Waals surface area contributed by atoms with Crippen molar-refractivity contribution in [1.82, 2.24) is 15.1 Å². The van der Waals surface area contributed by atoms with Crippen molar-refractivity contribution >= 4 is 0 Å². The highest BCUT2D eigenvalue weighted by Gasteiger charge is 2.42. The van der Waals surface area contributed by atoms with Crippen molar-refractivity contribution in [3.63, 3.8) is 0 Å². The average molecular weight is 263 g/mol. The van der Waals surface area contributed by atoms with Crippen molar-refractivity contribution in [3.05, 3.63) is 0 Å².